The number of hydrogen-bond acceptors (Lipinski definition) is 2. The monoisotopic (exact) mass is 300 g/mol. The molecule has 0 unspecified atom stereocenters. The van der Waals surface area contributed by atoms with Crippen LogP contribution >= 0.6 is 12.4 Å². The molecule has 3 nitrogen and oxygen atoms in total. The Hall–Kier alpha value is -1.13. The molecule has 1 fully saturated rings. The second-order valence-electron chi connectivity index (χ2n) is 5.13. The summed E-state index contributed by atoms with van der Waals surface area (Å²) >= 11 is 0. The minimum absolute atomic E-state index is 0. The zero-order chi connectivity index (χ0) is 13.7. The third kappa shape index (κ3) is 4.46. The number of nitrogens with zero attached hydrogens (tertiary/aromatic N) is 1. The Morgan fingerprint density at radius 1 is 1.30 bits per heavy atom. The molecule has 5 heteroatoms. The molecule has 1 aliphatic heterocycles. The molecule has 1 amide bonds. The van der Waals surface area contributed by atoms with Crippen LogP contribution in [-0.2, 0) is 0 Å². The predicted molar refractivity (Wildman–Crippen MR) is 80.8 cm³/mol. The largest absolute Gasteiger partial charge is 0.339 e. The molecule has 0 radical (unpaired) electrons. The highest BCUT2D eigenvalue weighted by atomic mass is 35.5. The van der Waals surface area contributed by atoms with Crippen molar-refractivity contribution in [3.8, 4) is 0 Å². The number of hydrogen-bond donors (Lipinski definition) is 1. The molecule has 0 saturated carbocycles. The van der Waals surface area contributed by atoms with Gasteiger partial charge in [0.2, 0.25) is 0 Å². The van der Waals surface area contributed by atoms with Gasteiger partial charge < -0.3 is 10.2 Å². The zero-order valence-electron chi connectivity index (χ0n) is 11.8. The van der Waals surface area contributed by atoms with Gasteiger partial charge in [0.1, 0.15) is 5.82 Å². The molecular formula is C15H22ClFN2O. The van der Waals surface area contributed by atoms with Gasteiger partial charge in [0.25, 0.3) is 5.91 Å². The number of benzene rings is 1. The van der Waals surface area contributed by atoms with Gasteiger partial charge in [-0.05, 0) is 63.0 Å². The fraction of sp³-hybridized carbons (Fsp3) is 0.533. The van der Waals surface area contributed by atoms with Crippen LogP contribution in [0.2, 0.25) is 0 Å². The first kappa shape index (κ1) is 16.9. The van der Waals surface area contributed by atoms with Gasteiger partial charge in [-0.15, -0.1) is 12.4 Å². The van der Waals surface area contributed by atoms with Crippen molar-refractivity contribution in [1.29, 1.82) is 0 Å². The van der Waals surface area contributed by atoms with E-state index in [-0.39, 0.29) is 24.1 Å². The number of nitrogens with one attached hydrogen (secondary N) is 1. The van der Waals surface area contributed by atoms with Crippen LogP contribution in [0.4, 0.5) is 4.39 Å². The number of amides is 1. The molecule has 0 aliphatic carbocycles. The summed E-state index contributed by atoms with van der Waals surface area (Å²) in [5.41, 5.74) is 0.579. The van der Waals surface area contributed by atoms with Crippen molar-refractivity contribution in [3.05, 3.63) is 35.6 Å². The van der Waals surface area contributed by atoms with Crippen LogP contribution < -0.4 is 5.32 Å². The Morgan fingerprint density at radius 3 is 2.45 bits per heavy atom. The molecule has 0 atom stereocenters. The van der Waals surface area contributed by atoms with Crippen molar-refractivity contribution in [3.63, 3.8) is 0 Å². The molecule has 2 rings (SSSR count). The first-order valence-electron chi connectivity index (χ1n) is 6.90. The minimum Gasteiger partial charge on any atom is -0.339 e. The van der Waals surface area contributed by atoms with Crippen molar-refractivity contribution in [2.75, 3.05) is 26.7 Å². The van der Waals surface area contributed by atoms with Gasteiger partial charge in [-0.1, -0.05) is 0 Å². The number of halogens is 2. The third-order valence-electron chi connectivity index (χ3n) is 3.80. The SMILES string of the molecule is CNCCC1CCN(C(=O)c2ccc(F)cc2)CC1.Cl. The first-order chi connectivity index (χ1) is 9.20. The van der Waals surface area contributed by atoms with Gasteiger partial charge in [-0.3, -0.25) is 4.79 Å². The Kier molecular flexibility index (Phi) is 6.96. The molecule has 0 aromatic heterocycles. The van der Waals surface area contributed by atoms with E-state index in [1.54, 1.807) is 12.1 Å². The Bertz CT molecular complexity index is 416. The van der Waals surface area contributed by atoms with Crippen LogP contribution in [-0.4, -0.2) is 37.5 Å². The summed E-state index contributed by atoms with van der Waals surface area (Å²) in [6, 6.07) is 5.80. The lowest BCUT2D eigenvalue weighted by Crippen LogP contribution is -2.38. The van der Waals surface area contributed by atoms with Crippen molar-refractivity contribution < 1.29 is 9.18 Å². The molecule has 20 heavy (non-hydrogen) atoms. The van der Waals surface area contributed by atoms with Crippen molar-refractivity contribution in [2.24, 2.45) is 5.92 Å². The van der Waals surface area contributed by atoms with E-state index in [9.17, 15) is 9.18 Å². The topological polar surface area (TPSA) is 32.3 Å². The number of carbonyl (C=O) groups is 1. The summed E-state index contributed by atoms with van der Waals surface area (Å²) in [5.74, 6) is 0.430. The van der Waals surface area contributed by atoms with Crippen LogP contribution in [0.15, 0.2) is 24.3 Å². The van der Waals surface area contributed by atoms with E-state index in [2.05, 4.69) is 5.32 Å². The van der Waals surface area contributed by atoms with E-state index < -0.39 is 0 Å². The van der Waals surface area contributed by atoms with Gasteiger partial charge in [-0.25, -0.2) is 4.39 Å². The van der Waals surface area contributed by atoms with E-state index in [4.69, 9.17) is 0 Å². The highest BCUT2D eigenvalue weighted by Gasteiger charge is 2.23. The highest BCUT2D eigenvalue weighted by Crippen LogP contribution is 2.21. The van der Waals surface area contributed by atoms with Crippen molar-refractivity contribution in [1.82, 2.24) is 10.2 Å². The number of carbonyl (C=O) groups excluding carboxylic acids is 1. The number of piperidine rings is 1. The van der Waals surface area contributed by atoms with Gasteiger partial charge >= 0.3 is 0 Å². The third-order valence-corrected chi connectivity index (χ3v) is 3.80. The Morgan fingerprint density at radius 2 is 1.90 bits per heavy atom. The summed E-state index contributed by atoms with van der Waals surface area (Å²) in [6.07, 6.45) is 3.30. The molecular weight excluding hydrogens is 279 g/mol. The van der Waals surface area contributed by atoms with Gasteiger partial charge in [0.05, 0.1) is 0 Å². The summed E-state index contributed by atoms with van der Waals surface area (Å²) in [6.45, 7) is 2.66. The predicted octanol–water partition coefficient (Wildman–Crippen LogP) is 2.71. The Labute approximate surface area is 125 Å². The quantitative estimate of drug-likeness (QED) is 0.927. The maximum atomic E-state index is 12.8. The van der Waals surface area contributed by atoms with Gasteiger partial charge in [-0.2, -0.15) is 0 Å². The first-order valence-corrected chi connectivity index (χ1v) is 6.90. The van der Waals surface area contributed by atoms with Crippen LogP contribution in [0.1, 0.15) is 29.6 Å². The molecule has 0 bridgehead atoms. The maximum absolute atomic E-state index is 12.8. The molecule has 0 spiro atoms. The summed E-state index contributed by atoms with van der Waals surface area (Å²) in [5, 5.41) is 3.16. The van der Waals surface area contributed by atoms with Gasteiger partial charge in [0.15, 0.2) is 0 Å². The standard InChI is InChI=1S/C15H21FN2O.ClH/c1-17-9-6-12-7-10-18(11-8-12)15(19)13-2-4-14(16)5-3-13;/h2-5,12,17H,6-11H2,1H3;1H. The summed E-state index contributed by atoms with van der Waals surface area (Å²) < 4.78 is 12.8. The van der Waals surface area contributed by atoms with E-state index >= 15 is 0 Å². The number of likely N-dealkylation sites (tertiary alicyclic amines) is 1. The summed E-state index contributed by atoms with van der Waals surface area (Å²) in [7, 11) is 1.97. The summed E-state index contributed by atoms with van der Waals surface area (Å²) in [4.78, 5) is 14.1. The molecule has 1 aliphatic rings. The zero-order valence-corrected chi connectivity index (χ0v) is 12.6. The fourth-order valence-electron chi connectivity index (χ4n) is 2.55. The minimum atomic E-state index is -0.303. The molecule has 1 aromatic carbocycles. The smallest absolute Gasteiger partial charge is 0.253 e. The number of rotatable bonds is 4. The van der Waals surface area contributed by atoms with E-state index in [0.29, 0.717) is 11.5 Å². The molecule has 1 saturated heterocycles. The molecule has 1 aromatic rings. The second-order valence-corrected chi connectivity index (χ2v) is 5.13. The Balaban J connectivity index is 0.00000200. The van der Waals surface area contributed by atoms with Crippen LogP contribution in [0.5, 0.6) is 0 Å². The van der Waals surface area contributed by atoms with Gasteiger partial charge in [0, 0.05) is 18.7 Å². The fourth-order valence-corrected chi connectivity index (χ4v) is 2.55. The van der Waals surface area contributed by atoms with Crippen molar-refractivity contribution in [2.45, 2.75) is 19.3 Å². The molecule has 1 N–H and O–H groups in total. The van der Waals surface area contributed by atoms with Crippen molar-refractivity contribution >= 4 is 18.3 Å². The van der Waals surface area contributed by atoms with Crippen LogP contribution in [0.25, 0.3) is 0 Å². The van der Waals surface area contributed by atoms with E-state index in [1.807, 2.05) is 11.9 Å². The average Bonchev–Trinajstić information content (AvgIpc) is 2.46. The lowest BCUT2D eigenvalue weighted by molar-refractivity contribution is 0.0687. The molecule has 112 valence electrons. The van der Waals surface area contributed by atoms with E-state index in [0.717, 1.165) is 32.5 Å². The molecule has 1 heterocycles. The highest BCUT2D eigenvalue weighted by molar-refractivity contribution is 5.94. The second kappa shape index (κ2) is 8.22. The lowest BCUT2D eigenvalue weighted by atomic mass is 9.93. The maximum Gasteiger partial charge on any atom is 0.253 e. The van der Waals surface area contributed by atoms with Crippen LogP contribution in [0, 0.1) is 11.7 Å². The van der Waals surface area contributed by atoms with E-state index in [1.165, 1.54) is 18.6 Å². The normalized spacial score (nSPS) is 15.8. The average molecular weight is 301 g/mol. The lowest BCUT2D eigenvalue weighted by Gasteiger charge is -2.32. The van der Waals surface area contributed by atoms with Crippen LogP contribution in [0.3, 0.4) is 0 Å².